The third kappa shape index (κ3) is 5.24. The van der Waals surface area contributed by atoms with Crippen molar-refractivity contribution in [3.05, 3.63) is 82.9 Å². The molecule has 2 N–H and O–H groups in total. The molecule has 1 aromatic heterocycles. The maximum atomic E-state index is 14.5. The van der Waals surface area contributed by atoms with E-state index >= 15 is 0 Å². The third-order valence-corrected chi connectivity index (χ3v) is 7.83. The van der Waals surface area contributed by atoms with Crippen LogP contribution in [0.2, 0.25) is 0 Å². The van der Waals surface area contributed by atoms with Crippen LogP contribution >= 0.6 is 0 Å². The van der Waals surface area contributed by atoms with Crippen LogP contribution in [0.25, 0.3) is 0 Å². The minimum atomic E-state index is -0.611. The van der Waals surface area contributed by atoms with E-state index in [-0.39, 0.29) is 18.2 Å². The highest BCUT2D eigenvalue weighted by molar-refractivity contribution is 6.05. The summed E-state index contributed by atoms with van der Waals surface area (Å²) in [6.07, 6.45) is 3.62. The lowest BCUT2D eigenvalue weighted by Gasteiger charge is -2.32. The zero-order valence-electron chi connectivity index (χ0n) is 21.4. The smallest absolute Gasteiger partial charge is 0.255 e. The zero-order chi connectivity index (χ0) is 26.9. The van der Waals surface area contributed by atoms with Crippen LogP contribution in [-0.2, 0) is 22.7 Å². The van der Waals surface area contributed by atoms with Crippen LogP contribution in [0.4, 0.5) is 16.0 Å². The summed E-state index contributed by atoms with van der Waals surface area (Å²) < 4.78 is 14.5. The summed E-state index contributed by atoms with van der Waals surface area (Å²) in [6, 6.07) is 14.9. The normalized spacial score (nSPS) is 20.2. The van der Waals surface area contributed by atoms with Crippen LogP contribution in [0.1, 0.15) is 58.8 Å². The van der Waals surface area contributed by atoms with E-state index in [1.165, 1.54) is 11.8 Å². The predicted octanol–water partition coefficient (Wildman–Crippen LogP) is 3.50. The fraction of sp³-hybridized carbons (Fsp3) is 0.345. The first-order chi connectivity index (χ1) is 18.9. The van der Waals surface area contributed by atoms with E-state index in [2.05, 4.69) is 31.6 Å². The van der Waals surface area contributed by atoms with Gasteiger partial charge in [-0.05, 0) is 67.6 Å². The zero-order valence-corrected chi connectivity index (χ0v) is 21.4. The number of carbonyl (C=O) groups is 3. The van der Waals surface area contributed by atoms with E-state index in [1.807, 2.05) is 42.5 Å². The standard InChI is InChI=1S/C29H29FN6O3/c30-23-15-31-29(32-21-4-2-1-3-5-21)33-24(23)17-35-12-10-18(11-13-35)19-6-7-22-20(14-19)16-36(28(22)39)25-8-9-26(37)34-27(25)38/h1-7,14-15,18,25H,8-13,16-17H2,(H,31,32,33)(H,34,37,38). The Morgan fingerprint density at radius 1 is 1.03 bits per heavy atom. The average Bonchev–Trinajstić information content (AvgIpc) is 3.27. The summed E-state index contributed by atoms with van der Waals surface area (Å²) in [5.41, 5.74) is 3.93. The molecule has 3 aliphatic heterocycles. The Balaban J connectivity index is 1.07. The number of piperidine rings is 2. The lowest BCUT2D eigenvalue weighted by molar-refractivity contribution is -0.136. The first-order valence-electron chi connectivity index (χ1n) is 13.3. The first-order valence-corrected chi connectivity index (χ1v) is 13.3. The number of benzene rings is 2. The molecule has 0 spiro atoms. The molecular formula is C29H29FN6O3. The number of anilines is 2. The van der Waals surface area contributed by atoms with Crippen LogP contribution in [-0.4, -0.2) is 56.6 Å². The first kappa shape index (κ1) is 25.1. The number of halogens is 1. The second-order valence-electron chi connectivity index (χ2n) is 10.3. The molecule has 9 nitrogen and oxygen atoms in total. The second-order valence-corrected chi connectivity index (χ2v) is 10.3. The number of likely N-dealkylation sites (tertiary alicyclic amines) is 1. The number of rotatable bonds is 6. The molecule has 1 atom stereocenters. The van der Waals surface area contributed by atoms with Gasteiger partial charge in [0.2, 0.25) is 17.8 Å². The van der Waals surface area contributed by atoms with Crippen LogP contribution in [0.5, 0.6) is 0 Å². The number of amides is 3. The summed E-state index contributed by atoms with van der Waals surface area (Å²) >= 11 is 0. The second kappa shape index (κ2) is 10.5. The SMILES string of the molecule is O=C1CCC(N2Cc3cc(C4CCN(Cc5nc(Nc6ccccc6)ncc5F)CC4)ccc3C2=O)C(=O)N1. The largest absolute Gasteiger partial charge is 0.324 e. The molecule has 3 amide bonds. The highest BCUT2D eigenvalue weighted by Crippen LogP contribution is 2.34. The average molecular weight is 529 g/mol. The van der Waals surface area contributed by atoms with Gasteiger partial charge in [0, 0.05) is 30.8 Å². The number of hydrogen-bond acceptors (Lipinski definition) is 7. The minimum Gasteiger partial charge on any atom is -0.324 e. The van der Waals surface area contributed by atoms with Crippen molar-refractivity contribution >= 4 is 29.4 Å². The molecule has 4 heterocycles. The lowest BCUT2D eigenvalue weighted by Crippen LogP contribution is -2.52. The molecule has 2 aromatic carbocycles. The van der Waals surface area contributed by atoms with Gasteiger partial charge in [-0.1, -0.05) is 30.3 Å². The Morgan fingerprint density at radius 2 is 1.82 bits per heavy atom. The summed E-state index contributed by atoms with van der Waals surface area (Å²) in [7, 11) is 0. The third-order valence-electron chi connectivity index (χ3n) is 7.83. The van der Waals surface area contributed by atoms with Crippen molar-refractivity contribution in [2.75, 3.05) is 18.4 Å². The molecule has 6 rings (SSSR count). The van der Waals surface area contributed by atoms with E-state index in [1.54, 1.807) is 4.90 Å². The van der Waals surface area contributed by atoms with Crippen molar-refractivity contribution in [3.8, 4) is 0 Å². The summed E-state index contributed by atoms with van der Waals surface area (Å²) in [6.45, 7) is 2.38. The van der Waals surface area contributed by atoms with Crippen LogP contribution in [0.3, 0.4) is 0 Å². The molecule has 3 aliphatic rings. The quantitative estimate of drug-likeness (QED) is 0.472. The van der Waals surface area contributed by atoms with E-state index in [0.717, 1.165) is 37.2 Å². The fourth-order valence-electron chi connectivity index (χ4n) is 5.71. The van der Waals surface area contributed by atoms with E-state index in [4.69, 9.17) is 0 Å². The number of para-hydroxylation sites is 1. The van der Waals surface area contributed by atoms with Gasteiger partial charge in [-0.3, -0.25) is 24.6 Å². The molecule has 0 bridgehead atoms. The summed E-state index contributed by atoms with van der Waals surface area (Å²) in [5.74, 6) is -0.569. The summed E-state index contributed by atoms with van der Waals surface area (Å²) in [4.78, 5) is 49.1. The lowest BCUT2D eigenvalue weighted by atomic mass is 9.88. The Hall–Kier alpha value is -4.18. The van der Waals surface area contributed by atoms with Crippen LogP contribution in [0, 0.1) is 5.82 Å². The Labute approximate surface area is 225 Å². The van der Waals surface area contributed by atoms with Gasteiger partial charge in [0.1, 0.15) is 6.04 Å². The van der Waals surface area contributed by atoms with Gasteiger partial charge < -0.3 is 10.2 Å². The predicted molar refractivity (Wildman–Crippen MR) is 141 cm³/mol. The van der Waals surface area contributed by atoms with Crippen molar-refractivity contribution in [3.63, 3.8) is 0 Å². The van der Waals surface area contributed by atoms with Gasteiger partial charge in [-0.2, -0.15) is 0 Å². The molecule has 0 aliphatic carbocycles. The van der Waals surface area contributed by atoms with Crippen LogP contribution < -0.4 is 10.6 Å². The maximum Gasteiger partial charge on any atom is 0.255 e. The molecule has 10 heteroatoms. The number of nitrogens with one attached hydrogen (secondary N) is 2. The molecule has 0 radical (unpaired) electrons. The molecular weight excluding hydrogens is 499 g/mol. The highest BCUT2D eigenvalue weighted by Gasteiger charge is 2.39. The number of carbonyl (C=O) groups excluding carboxylic acids is 3. The van der Waals surface area contributed by atoms with Crippen molar-refractivity contribution in [2.45, 2.75) is 50.7 Å². The van der Waals surface area contributed by atoms with Crippen molar-refractivity contribution in [1.29, 1.82) is 0 Å². The van der Waals surface area contributed by atoms with Crippen molar-refractivity contribution in [1.82, 2.24) is 25.1 Å². The van der Waals surface area contributed by atoms with Gasteiger partial charge in [0.25, 0.3) is 5.91 Å². The monoisotopic (exact) mass is 528 g/mol. The van der Waals surface area contributed by atoms with Gasteiger partial charge in [-0.25, -0.2) is 14.4 Å². The topological polar surface area (TPSA) is 108 Å². The van der Waals surface area contributed by atoms with Gasteiger partial charge in [0.15, 0.2) is 5.82 Å². The van der Waals surface area contributed by atoms with E-state index in [9.17, 15) is 18.8 Å². The molecule has 2 saturated heterocycles. The Kier molecular flexibility index (Phi) is 6.78. The van der Waals surface area contributed by atoms with E-state index in [0.29, 0.717) is 42.6 Å². The van der Waals surface area contributed by atoms with Gasteiger partial charge in [0.05, 0.1) is 11.9 Å². The molecule has 0 saturated carbocycles. The maximum absolute atomic E-state index is 14.5. The van der Waals surface area contributed by atoms with Gasteiger partial charge in [-0.15, -0.1) is 0 Å². The molecule has 39 heavy (non-hydrogen) atoms. The van der Waals surface area contributed by atoms with Crippen molar-refractivity contribution in [2.24, 2.45) is 0 Å². The van der Waals surface area contributed by atoms with E-state index < -0.39 is 17.8 Å². The number of hydrogen-bond donors (Lipinski definition) is 2. The van der Waals surface area contributed by atoms with Gasteiger partial charge >= 0.3 is 0 Å². The van der Waals surface area contributed by atoms with Crippen LogP contribution in [0.15, 0.2) is 54.7 Å². The Bertz CT molecular complexity index is 1420. The number of nitrogens with zero attached hydrogens (tertiary/aromatic N) is 4. The number of imide groups is 1. The number of aromatic nitrogens is 2. The fourth-order valence-corrected chi connectivity index (χ4v) is 5.71. The number of fused-ring (bicyclic) bond motifs is 1. The molecule has 1 unspecified atom stereocenters. The molecule has 3 aromatic rings. The highest BCUT2D eigenvalue weighted by atomic mass is 19.1. The Morgan fingerprint density at radius 3 is 2.59 bits per heavy atom. The molecule has 200 valence electrons. The minimum absolute atomic E-state index is 0.158. The summed E-state index contributed by atoms with van der Waals surface area (Å²) in [5, 5.41) is 5.46. The van der Waals surface area contributed by atoms with Crippen molar-refractivity contribution < 1.29 is 18.8 Å². The molecule has 2 fully saturated rings.